The molecule has 2 heterocycles. The second kappa shape index (κ2) is 12.8. The van der Waals surface area contributed by atoms with Crippen molar-refractivity contribution in [2.24, 2.45) is 5.73 Å². The normalized spacial score (nSPS) is 13.7. The fourth-order valence-corrected chi connectivity index (χ4v) is 4.45. The zero-order valence-electron chi connectivity index (χ0n) is 24.0. The second-order valence-corrected chi connectivity index (χ2v) is 10.8. The number of ether oxygens (including phenoxy) is 2. The summed E-state index contributed by atoms with van der Waals surface area (Å²) in [4.78, 5) is 38.0. The number of nitrogens with zero attached hydrogens (tertiary/aromatic N) is 4. The Labute approximate surface area is 244 Å². The number of hydrogen-bond acceptors (Lipinski definition) is 10. The van der Waals surface area contributed by atoms with Crippen molar-refractivity contribution in [3.05, 3.63) is 77.1 Å². The van der Waals surface area contributed by atoms with Gasteiger partial charge in [0.1, 0.15) is 5.60 Å². The van der Waals surface area contributed by atoms with Crippen molar-refractivity contribution in [2.75, 3.05) is 31.9 Å². The van der Waals surface area contributed by atoms with Crippen LogP contribution in [0.5, 0.6) is 0 Å². The molecule has 42 heavy (non-hydrogen) atoms. The van der Waals surface area contributed by atoms with Gasteiger partial charge in [0.25, 0.3) is 5.91 Å². The van der Waals surface area contributed by atoms with Crippen LogP contribution in [-0.4, -0.2) is 75.3 Å². The highest BCUT2D eigenvalue weighted by atomic mass is 16.6. The first kappa shape index (κ1) is 30.1. The Bertz CT molecular complexity index is 1490. The van der Waals surface area contributed by atoms with Gasteiger partial charge in [-0.3, -0.25) is 15.6 Å². The molecule has 0 atom stereocenters. The summed E-state index contributed by atoms with van der Waals surface area (Å²) >= 11 is 0. The lowest BCUT2D eigenvalue weighted by atomic mass is 10.0. The van der Waals surface area contributed by atoms with Gasteiger partial charge in [-0.1, -0.05) is 24.3 Å². The minimum atomic E-state index is -0.590. The van der Waals surface area contributed by atoms with E-state index in [1.165, 1.54) is 6.20 Å². The summed E-state index contributed by atoms with van der Waals surface area (Å²) in [7, 11) is 0. The van der Waals surface area contributed by atoms with Gasteiger partial charge in [0.05, 0.1) is 11.9 Å². The molecular formula is C30H36N8O4. The van der Waals surface area contributed by atoms with E-state index in [9.17, 15) is 9.59 Å². The predicted molar refractivity (Wildman–Crippen MR) is 159 cm³/mol. The standard InChI is InChI=1S/C30H36N8O4/c1-30(2,3)42-29(40)38-13-7-12-37(14-15-38)28(39)20-10-11-22(21(16-20)17-31)23-18-35-25(32)24(36-23)27(34)41-26(33)19-8-5-4-6-9-19/h4-6,8-11,16,18,33-34H,7,12-15,17,31H2,1-3H3,(H2,32,35). The number of amides is 2. The maximum absolute atomic E-state index is 13.4. The van der Waals surface area contributed by atoms with Gasteiger partial charge in [-0.15, -0.1) is 0 Å². The molecule has 0 spiro atoms. The number of hydrogen-bond donors (Lipinski definition) is 4. The van der Waals surface area contributed by atoms with E-state index >= 15 is 0 Å². The molecule has 1 aliphatic heterocycles. The number of carbonyl (C=O) groups is 2. The Morgan fingerprint density at radius 2 is 1.64 bits per heavy atom. The first-order chi connectivity index (χ1) is 20.0. The monoisotopic (exact) mass is 572 g/mol. The van der Waals surface area contributed by atoms with Crippen LogP contribution in [-0.2, 0) is 16.0 Å². The van der Waals surface area contributed by atoms with Crippen LogP contribution >= 0.6 is 0 Å². The average Bonchev–Trinajstić information content (AvgIpc) is 3.23. The smallest absolute Gasteiger partial charge is 0.410 e. The van der Waals surface area contributed by atoms with Crippen molar-refractivity contribution in [3.8, 4) is 11.3 Å². The molecule has 1 aromatic heterocycles. The summed E-state index contributed by atoms with van der Waals surface area (Å²) in [6.45, 7) is 7.36. The third-order valence-corrected chi connectivity index (χ3v) is 6.54. The zero-order chi connectivity index (χ0) is 30.4. The molecule has 2 aromatic carbocycles. The molecule has 2 amide bonds. The average molecular weight is 573 g/mol. The van der Waals surface area contributed by atoms with Crippen molar-refractivity contribution in [2.45, 2.75) is 39.3 Å². The quantitative estimate of drug-likeness (QED) is 0.264. The third kappa shape index (κ3) is 7.26. The van der Waals surface area contributed by atoms with Crippen molar-refractivity contribution in [1.82, 2.24) is 19.8 Å². The number of nitrogen functional groups attached to an aromatic ring is 1. The minimum absolute atomic E-state index is 0.0181. The lowest BCUT2D eigenvalue weighted by Gasteiger charge is -2.26. The Morgan fingerprint density at radius 3 is 2.33 bits per heavy atom. The van der Waals surface area contributed by atoms with E-state index in [-0.39, 0.29) is 36.0 Å². The molecule has 0 unspecified atom stereocenters. The van der Waals surface area contributed by atoms with Crippen LogP contribution in [0.25, 0.3) is 11.3 Å². The van der Waals surface area contributed by atoms with E-state index in [0.717, 1.165) is 0 Å². The van der Waals surface area contributed by atoms with Gasteiger partial charge in [0.2, 0.25) is 11.8 Å². The van der Waals surface area contributed by atoms with Crippen molar-refractivity contribution < 1.29 is 19.1 Å². The lowest BCUT2D eigenvalue weighted by molar-refractivity contribution is 0.0255. The Balaban J connectivity index is 1.50. The molecular weight excluding hydrogens is 536 g/mol. The zero-order valence-corrected chi connectivity index (χ0v) is 24.0. The van der Waals surface area contributed by atoms with Crippen LogP contribution in [0.1, 0.15) is 54.4 Å². The molecule has 12 heteroatoms. The largest absolute Gasteiger partial charge is 0.444 e. The van der Waals surface area contributed by atoms with Gasteiger partial charge in [-0.05, 0) is 57.0 Å². The van der Waals surface area contributed by atoms with Crippen LogP contribution in [0, 0.1) is 10.8 Å². The SMILES string of the molecule is CC(C)(C)OC(=O)N1CCCN(C(=O)c2ccc(-c3cnc(N)c(C(=N)OC(=N)c4ccccc4)n3)c(CN)c2)CC1. The molecule has 12 nitrogen and oxygen atoms in total. The first-order valence-electron chi connectivity index (χ1n) is 13.6. The van der Waals surface area contributed by atoms with E-state index in [4.69, 9.17) is 31.8 Å². The van der Waals surface area contributed by atoms with E-state index in [0.29, 0.717) is 60.5 Å². The highest BCUT2D eigenvalue weighted by molar-refractivity contribution is 6.05. The summed E-state index contributed by atoms with van der Waals surface area (Å²) in [5.74, 6) is -0.827. The predicted octanol–water partition coefficient (Wildman–Crippen LogP) is 3.64. The molecule has 0 saturated carbocycles. The van der Waals surface area contributed by atoms with E-state index in [1.807, 2.05) is 26.8 Å². The maximum atomic E-state index is 13.4. The van der Waals surface area contributed by atoms with Gasteiger partial charge in [0, 0.05) is 49.4 Å². The molecule has 1 aliphatic rings. The van der Waals surface area contributed by atoms with Crippen LogP contribution in [0.4, 0.5) is 10.6 Å². The van der Waals surface area contributed by atoms with E-state index in [1.54, 1.807) is 52.3 Å². The molecule has 0 bridgehead atoms. The van der Waals surface area contributed by atoms with E-state index < -0.39 is 11.5 Å². The highest BCUT2D eigenvalue weighted by Gasteiger charge is 2.27. The number of rotatable bonds is 5. The fourth-order valence-electron chi connectivity index (χ4n) is 4.45. The lowest BCUT2D eigenvalue weighted by Crippen LogP contribution is -2.40. The molecule has 0 radical (unpaired) electrons. The number of aromatic nitrogens is 2. The first-order valence-corrected chi connectivity index (χ1v) is 13.6. The summed E-state index contributed by atoms with van der Waals surface area (Å²) in [6.07, 6.45) is 1.71. The summed E-state index contributed by atoms with van der Waals surface area (Å²) in [5, 5.41) is 16.5. The fraction of sp³-hybridized carbons (Fsp3) is 0.333. The van der Waals surface area contributed by atoms with Gasteiger partial charge in [-0.25, -0.2) is 14.8 Å². The maximum Gasteiger partial charge on any atom is 0.410 e. The topological polar surface area (TPSA) is 185 Å². The van der Waals surface area contributed by atoms with Gasteiger partial charge < -0.3 is 30.7 Å². The van der Waals surface area contributed by atoms with Crippen LogP contribution in [0.15, 0.2) is 54.7 Å². The van der Waals surface area contributed by atoms with Gasteiger partial charge in [-0.2, -0.15) is 0 Å². The number of nitrogens with two attached hydrogens (primary N) is 2. The molecule has 3 aromatic rings. The molecule has 1 fully saturated rings. The van der Waals surface area contributed by atoms with Crippen molar-refractivity contribution in [1.29, 1.82) is 10.8 Å². The molecule has 1 saturated heterocycles. The minimum Gasteiger partial charge on any atom is -0.444 e. The summed E-state index contributed by atoms with van der Waals surface area (Å²) in [5.41, 5.74) is 14.1. The second-order valence-electron chi connectivity index (χ2n) is 10.8. The Kier molecular flexibility index (Phi) is 9.16. The Hall–Kier alpha value is -4.84. The molecule has 4 rings (SSSR count). The summed E-state index contributed by atoms with van der Waals surface area (Å²) < 4.78 is 10.9. The number of carbonyl (C=O) groups excluding carboxylic acids is 2. The number of benzene rings is 2. The molecule has 6 N–H and O–H groups in total. The molecule has 0 aliphatic carbocycles. The van der Waals surface area contributed by atoms with Crippen LogP contribution in [0.2, 0.25) is 0 Å². The molecule has 220 valence electrons. The van der Waals surface area contributed by atoms with Crippen LogP contribution < -0.4 is 11.5 Å². The van der Waals surface area contributed by atoms with Gasteiger partial charge >= 0.3 is 6.09 Å². The van der Waals surface area contributed by atoms with Crippen molar-refractivity contribution >= 4 is 29.6 Å². The number of nitrogens with one attached hydrogen (secondary N) is 2. The number of anilines is 1. The van der Waals surface area contributed by atoms with Crippen molar-refractivity contribution in [3.63, 3.8) is 0 Å². The summed E-state index contributed by atoms with van der Waals surface area (Å²) in [6, 6.07) is 13.9. The highest BCUT2D eigenvalue weighted by Crippen LogP contribution is 2.25. The van der Waals surface area contributed by atoms with E-state index in [2.05, 4.69) is 9.97 Å². The third-order valence-electron chi connectivity index (χ3n) is 6.54. The van der Waals surface area contributed by atoms with Crippen LogP contribution in [0.3, 0.4) is 0 Å². The van der Waals surface area contributed by atoms with Gasteiger partial charge in [0.15, 0.2) is 11.5 Å². The Morgan fingerprint density at radius 1 is 0.952 bits per heavy atom.